The Bertz CT molecular complexity index is 523. The highest BCUT2D eigenvalue weighted by Gasteiger charge is 2.19. The number of nitrogens with two attached hydrogens (primary N) is 1. The van der Waals surface area contributed by atoms with Crippen LogP contribution in [0.15, 0.2) is 29.4 Å². The molecule has 0 spiro atoms. The Morgan fingerprint density at radius 3 is 2.59 bits per heavy atom. The highest BCUT2D eigenvalue weighted by atomic mass is 19.1. The van der Waals surface area contributed by atoms with E-state index in [0.29, 0.717) is 5.56 Å². The number of benzene rings is 1. The van der Waals surface area contributed by atoms with Crippen molar-refractivity contribution in [2.45, 2.75) is 38.6 Å². The van der Waals surface area contributed by atoms with E-state index in [0.717, 1.165) is 31.6 Å². The number of hydrogen-bond acceptors (Lipinski definition) is 3. The van der Waals surface area contributed by atoms with Crippen LogP contribution >= 0.6 is 0 Å². The third-order valence-electron chi connectivity index (χ3n) is 3.88. The number of amidine groups is 1. The molecule has 1 fully saturated rings. The standard InChI is InChI=1S/C16H22FN3O2/c1-11-2-8-14(9-3-11)19-15(21)10-22-20-16(18)12-4-6-13(17)7-5-12/h4-7,11,14H,2-3,8-10H2,1H3,(H2,18,20)(H,19,21). The molecule has 1 saturated carbocycles. The first-order valence-corrected chi connectivity index (χ1v) is 7.55. The van der Waals surface area contributed by atoms with Crippen molar-refractivity contribution in [1.29, 1.82) is 0 Å². The number of nitrogens with one attached hydrogen (secondary N) is 1. The van der Waals surface area contributed by atoms with Crippen LogP contribution in [0, 0.1) is 11.7 Å². The van der Waals surface area contributed by atoms with Crippen LogP contribution in [-0.2, 0) is 9.63 Å². The van der Waals surface area contributed by atoms with E-state index in [-0.39, 0.29) is 30.2 Å². The Morgan fingerprint density at radius 1 is 1.32 bits per heavy atom. The van der Waals surface area contributed by atoms with Crippen molar-refractivity contribution in [3.63, 3.8) is 0 Å². The number of oxime groups is 1. The summed E-state index contributed by atoms with van der Waals surface area (Å²) in [7, 11) is 0. The summed E-state index contributed by atoms with van der Waals surface area (Å²) in [5.74, 6) is 0.303. The fourth-order valence-electron chi connectivity index (χ4n) is 2.51. The van der Waals surface area contributed by atoms with Crippen molar-refractivity contribution in [3.8, 4) is 0 Å². The number of halogens is 1. The van der Waals surface area contributed by atoms with Crippen molar-refractivity contribution < 1.29 is 14.0 Å². The van der Waals surface area contributed by atoms with E-state index < -0.39 is 0 Å². The number of hydrogen-bond donors (Lipinski definition) is 2. The normalized spacial score (nSPS) is 22.2. The highest BCUT2D eigenvalue weighted by Crippen LogP contribution is 2.23. The summed E-state index contributed by atoms with van der Waals surface area (Å²) in [6.07, 6.45) is 4.30. The molecule has 1 aliphatic carbocycles. The predicted octanol–water partition coefficient (Wildman–Crippen LogP) is 2.16. The van der Waals surface area contributed by atoms with Crippen molar-refractivity contribution in [1.82, 2.24) is 5.32 Å². The average Bonchev–Trinajstić information content (AvgIpc) is 2.50. The van der Waals surface area contributed by atoms with E-state index in [1.165, 1.54) is 24.3 Å². The highest BCUT2D eigenvalue weighted by molar-refractivity contribution is 5.97. The zero-order chi connectivity index (χ0) is 15.9. The average molecular weight is 307 g/mol. The predicted molar refractivity (Wildman–Crippen MR) is 82.6 cm³/mol. The summed E-state index contributed by atoms with van der Waals surface area (Å²) < 4.78 is 12.8. The van der Waals surface area contributed by atoms with E-state index in [1.54, 1.807) is 0 Å². The lowest BCUT2D eigenvalue weighted by molar-refractivity contribution is -0.126. The molecule has 2 rings (SSSR count). The first-order chi connectivity index (χ1) is 10.5. The van der Waals surface area contributed by atoms with Gasteiger partial charge in [-0.25, -0.2) is 4.39 Å². The minimum absolute atomic E-state index is 0.110. The number of nitrogens with zero attached hydrogens (tertiary/aromatic N) is 1. The Hall–Kier alpha value is -2.11. The smallest absolute Gasteiger partial charge is 0.260 e. The Kier molecular flexibility index (Phi) is 5.75. The number of rotatable bonds is 5. The van der Waals surface area contributed by atoms with Gasteiger partial charge in [0.2, 0.25) is 0 Å². The maximum atomic E-state index is 12.8. The lowest BCUT2D eigenvalue weighted by Crippen LogP contribution is -2.39. The van der Waals surface area contributed by atoms with Gasteiger partial charge in [-0.1, -0.05) is 12.1 Å². The summed E-state index contributed by atoms with van der Waals surface area (Å²) in [6.45, 7) is 2.06. The lowest BCUT2D eigenvalue weighted by Gasteiger charge is -2.26. The fourth-order valence-corrected chi connectivity index (χ4v) is 2.51. The quantitative estimate of drug-likeness (QED) is 0.497. The molecule has 6 heteroatoms. The first-order valence-electron chi connectivity index (χ1n) is 7.55. The maximum absolute atomic E-state index is 12.8. The van der Waals surface area contributed by atoms with E-state index in [1.807, 2.05) is 0 Å². The van der Waals surface area contributed by atoms with Crippen LogP contribution in [-0.4, -0.2) is 24.4 Å². The molecule has 0 aliphatic heterocycles. The van der Waals surface area contributed by atoms with Gasteiger partial charge in [0.25, 0.3) is 5.91 Å². The van der Waals surface area contributed by atoms with Crippen molar-refractivity contribution >= 4 is 11.7 Å². The molecule has 1 amide bonds. The van der Waals surface area contributed by atoms with Crippen LogP contribution in [0.5, 0.6) is 0 Å². The largest absolute Gasteiger partial charge is 0.384 e. The molecule has 22 heavy (non-hydrogen) atoms. The second-order valence-electron chi connectivity index (χ2n) is 5.78. The molecule has 3 N–H and O–H groups in total. The van der Waals surface area contributed by atoms with Gasteiger partial charge >= 0.3 is 0 Å². The van der Waals surface area contributed by atoms with Crippen molar-refractivity contribution in [2.24, 2.45) is 16.8 Å². The molecule has 0 unspecified atom stereocenters. The fraction of sp³-hybridized carbons (Fsp3) is 0.500. The summed E-state index contributed by atoms with van der Waals surface area (Å²) >= 11 is 0. The van der Waals surface area contributed by atoms with Gasteiger partial charge in [0.05, 0.1) is 0 Å². The second-order valence-corrected chi connectivity index (χ2v) is 5.78. The van der Waals surface area contributed by atoms with E-state index >= 15 is 0 Å². The van der Waals surface area contributed by atoms with Gasteiger partial charge in [0, 0.05) is 11.6 Å². The van der Waals surface area contributed by atoms with Gasteiger partial charge in [0.1, 0.15) is 5.82 Å². The molecular formula is C16H22FN3O2. The molecule has 0 heterocycles. The van der Waals surface area contributed by atoms with Gasteiger partial charge in [0.15, 0.2) is 12.4 Å². The monoisotopic (exact) mass is 307 g/mol. The van der Waals surface area contributed by atoms with Gasteiger partial charge in [-0.15, -0.1) is 0 Å². The van der Waals surface area contributed by atoms with Gasteiger partial charge in [-0.3, -0.25) is 4.79 Å². The third kappa shape index (κ3) is 5.02. The van der Waals surface area contributed by atoms with Crippen molar-refractivity contribution in [2.75, 3.05) is 6.61 Å². The summed E-state index contributed by atoms with van der Waals surface area (Å²) in [5, 5.41) is 6.62. The summed E-state index contributed by atoms with van der Waals surface area (Å²) in [4.78, 5) is 16.7. The minimum atomic E-state index is -0.348. The van der Waals surface area contributed by atoms with Gasteiger partial charge in [-0.2, -0.15) is 0 Å². The molecule has 120 valence electrons. The summed E-state index contributed by atoms with van der Waals surface area (Å²) in [6, 6.07) is 5.80. The maximum Gasteiger partial charge on any atom is 0.260 e. The minimum Gasteiger partial charge on any atom is -0.384 e. The Morgan fingerprint density at radius 2 is 1.95 bits per heavy atom. The molecule has 0 atom stereocenters. The Balaban J connectivity index is 1.74. The number of carbonyl (C=O) groups excluding carboxylic acids is 1. The lowest BCUT2D eigenvalue weighted by atomic mass is 9.87. The van der Waals surface area contributed by atoms with Crippen molar-refractivity contribution in [3.05, 3.63) is 35.6 Å². The molecule has 1 aromatic rings. The topological polar surface area (TPSA) is 76.7 Å². The van der Waals surface area contributed by atoms with Crippen LogP contribution < -0.4 is 11.1 Å². The second kappa shape index (κ2) is 7.77. The van der Waals surface area contributed by atoms with E-state index in [4.69, 9.17) is 10.6 Å². The first kappa shape index (κ1) is 16.3. The number of carbonyl (C=O) groups is 1. The van der Waals surface area contributed by atoms with Crippen LogP contribution in [0.3, 0.4) is 0 Å². The molecule has 0 radical (unpaired) electrons. The molecule has 5 nitrogen and oxygen atoms in total. The molecule has 1 aromatic carbocycles. The van der Waals surface area contributed by atoms with Gasteiger partial charge < -0.3 is 15.9 Å². The SMILES string of the molecule is CC1CCC(NC(=O)CO/N=C(\N)c2ccc(F)cc2)CC1. The third-order valence-corrected chi connectivity index (χ3v) is 3.88. The molecule has 1 aliphatic rings. The molecule has 0 saturated heterocycles. The van der Waals surface area contributed by atoms with Gasteiger partial charge in [-0.05, 0) is 55.9 Å². The summed E-state index contributed by atoms with van der Waals surface area (Å²) in [5.41, 5.74) is 6.25. The van der Waals surface area contributed by atoms with Crippen LogP contribution in [0.1, 0.15) is 38.2 Å². The number of amides is 1. The zero-order valence-corrected chi connectivity index (χ0v) is 12.7. The Labute approximate surface area is 129 Å². The molecule has 0 aromatic heterocycles. The zero-order valence-electron chi connectivity index (χ0n) is 12.7. The van der Waals surface area contributed by atoms with E-state index in [2.05, 4.69) is 17.4 Å². The van der Waals surface area contributed by atoms with Crippen LogP contribution in [0.2, 0.25) is 0 Å². The van der Waals surface area contributed by atoms with Crippen LogP contribution in [0.4, 0.5) is 4.39 Å². The van der Waals surface area contributed by atoms with Crippen LogP contribution in [0.25, 0.3) is 0 Å². The molecular weight excluding hydrogens is 285 g/mol. The molecule has 0 bridgehead atoms. The van der Waals surface area contributed by atoms with E-state index in [9.17, 15) is 9.18 Å².